The van der Waals surface area contributed by atoms with Crippen LogP contribution in [-0.2, 0) is 4.79 Å². The molecule has 1 N–H and O–H groups in total. The van der Waals surface area contributed by atoms with E-state index in [1.54, 1.807) is 43.3 Å². The average Bonchev–Trinajstić information content (AvgIpc) is 2.47. The Bertz CT molecular complexity index is 623. The first-order chi connectivity index (χ1) is 9.58. The van der Waals surface area contributed by atoms with E-state index in [0.29, 0.717) is 16.8 Å². The molecular formula is C16H14ClNO2. The van der Waals surface area contributed by atoms with Crippen molar-refractivity contribution in [1.29, 1.82) is 0 Å². The van der Waals surface area contributed by atoms with Crippen LogP contribution in [0.4, 0.5) is 5.69 Å². The number of ketones is 1. The molecule has 0 spiro atoms. The second kappa shape index (κ2) is 6.35. The van der Waals surface area contributed by atoms with Gasteiger partial charge in [-0.05, 0) is 19.1 Å². The summed E-state index contributed by atoms with van der Waals surface area (Å²) in [5, 5.41) is 2.04. The van der Waals surface area contributed by atoms with Crippen molar-refractivity contribution >= 4 is 29.0 Å². The largest absolute Gasteiger partial charge is 0.325 e. The molecule has 2 rings (SSSR count). The van der Waals surface area contributed by atoms with E-state index >= 15 is 0 Å². The summed E-state index contributed by atoms with van der Waals surface area (Å²) in [6.07, 6.45) is 0. The lowest BCUT2D eigenvalue weighted by atomic mass is 10.0. The Morgan fingerprint density at radius 2 is 1.65 bits per heavy atom. The van der Waals surface area contributed by atoms with Crippen molar-refractivity contribution in [3.63, 3.8) is 0 Å². The number of nitrogens with one attached hydrogen (secondary N) is 1. The topological polar surface area (TPSA) is 46.2 Å². The zero-order valence-corrected chi connectivity index (χ0v) is 11.7. The molecule has 0 saturated heterocycles. The summed E-state index contributed by atoms with van der Waals surface area (Å²) < 4.78 is 0. The van der Waals surface area contributed by atoms with Crippen LogP contribution in [0.2, 0.25) is 0 Å². The SMILES string of the molecule is C[C@H](Cl)C(=O)Nc1cccc(C(=O)c2ccccc2)c1. The van der Waals surface area contributed by atoms with Crippen LogP contribution in [0.25, 0.3) is 0 Å². The van der Waals surface area contributed by atoms with E-state index in [1.807, 2.05) is 18.2 Å². The summed E-state index contributed by atoms with van der Waals surface area (Å²) in [5.41, 5.74) is 1.70. The quantitative estimate of drug-likeness (QED) is 0.691. The maximum Gasteiger partial charge on any atom is 0.242 e. The van der Waals surface area contributed by atoms with E-state index in [4.69, 9.17) is 11.6 Å². The molecular weight excluding hydrogens is 274 g/mol. The highest BCUT2D eigenvalue weighted by atomic mass is 35.5. The average molecular weight is 288 g/mol. The highest BCUT2D eigenvalue weighted by molar-refractivity contribution is 6.32. The molecule has 2 aromatic rings. The monoisotopic (exact) mass is 287 g/mol. The van der Waals surface area contributed by atoms with Gasteiger partial charge in [-0.15, -0.1) is 11.6 Å². The molecule has 1 amide bonds. The fraction of sp³-hybridized carbons (Fsp3) is 0.125. The molecule has 0 aliphatic carbocycles. The summed E-state index contributed by atoms with van der Waals surface area (Å²) in [5.74, 6) is -0.378. The zero-order chi connectivity index (χ0) is 14.5. The number of hydrogen-bond acceptors (Lipinski definition) is 2. The van der Waals surface area contributed by atoms with Gasteiger partial charge in [0.15, 0.2) is 5.78 Å². The van der Waals surface area contributed by atoms with E-state index in [0.717, 1.165) is 0 Å². The fourth-order valence-corrected chi connectivity index (χ4v) is 1.79. The molecule has 0 bridgehead atoms. The van der Waals surface area contributed by atoms with E-state index in [2.05, 4.69) is 5.32 Å². The Hall–Kier alpha value is -2.13. The van der Waals surface area contributed by atoms with Crippen molar-refractivity contribution in [2.24, 2.45) is 0 Å². The second-order valence-electron chi connectivity index (χ2n) is 4.38. The van der Waals surface area contributed by atoms with Crippen LogP contribution >= 0.6 is 11.6 Å². The number of halogens is 1. The second-order valence-corrected chi connectivity index (χ2v) is 5.04. The van der Waals surface area contributed by atoms with Crippen LogP contribution in [0, 0.1) is 0 Å². The van der Waals surface area contributed by atoms with Crippen molar-refractivity contribution in [2.75, 3.05) is 5.32 Å². The molecule has 0 aliphatic rings. The van der Waals surface area contributed by atoms with Crippen LogP contribution in [-0.4, -0.2) is 17.1 Å². The van der Waals surface area contributed by atoms with E-state index in [1.165, 1.54) is 0 Å². The number of alkyl halides is 1. The fourth-order valence-electron chi connectivity index (χ4n) is 1.74. The summed E-state index contributed by atoms with van der Waals surface area (Å²) in [4.78, 5) is 23.8. The molecule has 2 aromatic carbocycles. The zero-order valence-electron chi connectivity index (χ0n) is 11.0. The highest BCUT2D eigenvalue weighted by Crippen LogP contribution is 2.15. The predicted molar refractivity (Wildman–Crippen MR) is 80.3 cm³/mol. The van der Waals surface area contributed by atoms with Gasteiger partial charge in [0.2, 0.25) is 5.91 Å². The Balaban J connectivity index is 2.22. The molecule has 4 heteroatoms. The molecule has 0 fully saturated rings. The Morgan fingerprint density at radius 3 is 2.30 bits per heavy atom. The first kappa shape index (κ1) is 14.3. The third-order valence-corrected chi connectivity index (χ3v) is 2.99. The third-order valence-electron chi connectivity index (χ3n) is 2.79. The molecule has 0 heterocycles. The van der Waals surface area contributed by atoms with E-state index < -0.39 is 5.38 Å². The molecule has 102 valence electrons. The smallest absolute Gasteiger partial charge is 0.242 e. The summed E-state index contributed by atoms with van der Waals surface area (Å²) in [6.45, 7) is 1.59. The minimum atomic E-state index is -0.622. The molecule has 0 saturated carbocycles. The number of carbonyl (C=O) groups is 2. The lowest BCUT2D eigenvalue weighted by Gasteiger charge is -2.08. The van der Waals surface area contributed by atoms with Gasteiger partial charge < -0.3 is 5.32 Å². The summed E-state index contributed by atoms with van der Waals surface area (Å²) >= 11 is 5.70. The van der Waals surface area contributed by atoms with Crippen LogP contribution < -0.4 is 5.32 Å². The van der Waals surface area contributed by atoms with Gasteiger partial charge in [-0.2, -0.15) is 0 Å². The van der Waals surface area contributed by atoms with Gasteiger partial charge in [0.1, 0.15) is 5.38 Å². The Kier molecular flexibility index (Phi) is 4.53. The van der Waals surface area contributed by atoms with E-state index in [-0.39, 0.29) is 11.7 Å². The number of hydrogen-bond donors (Lipinski definition) is 1. The molecule has 0 aliphatic heterocycles. The van der Waals surface area contributed by atoms with Gasteiger partial charge in [-0.3, -0.25) is 9.59 Å². The van der Waals surface area contributed by atoms with Gasteiger partial charge in [0.25, 0.3) is 0 Å². The van der Waals surface area contributed by atoms with Gasteiger partial charge in [0.05, 0.1) is 0 Å². The molecule has 0 unspecified atom stereocenters. The lowest BCUT2D eigenvalue weighted by molar-refractivity contribution is -0.115. The molecule has 20 heavy (non-hydrogen) atoms. The number of anilines is 1. The van der Waals surface area contributed by atoms with Crippen LogP contribution in [0.3, 0.4) is 0 Å². The predicted octanol–water partition coefficient (Wildman–Crippen LogP) is 3.48. The molecule has 0 radical (unpaired) electrons. The van der Waals surface area contributed by atoms with Crippen LogP contribution in [0.5, 0.6) is 0 Å². The maximum absolute atomic E-state index is 12.3. The van der Waals surface area contributed by atoms with Crippen LogP contribution in [0.1, 0.15) is 22.8 Å². The van der Waals surface area contributed by atoms with Gasteiger partial charge >= 0.3 is 0 Å². The summed E-state index contributed by atoms with van der Waals surface area (Å²) in [7, 11) is 0. The molecule has 0 aromatic heterocycles. The Morgan fingerprint density at radius 1 is 1.00 bits per heavy atom. The number of carbonyl (C=O) groups excluding carboxylic acids is 2. The standard InChI is InChI=1S/C16H14ClNO2/c1-11(17)16(20)18-14-9-5-8-13(10-14)15(19)12-6-3-2-4-7-12/h2-11H,1H3,(H,18,20)/t11-/m0/s1. The van der Waals surface area contributed by atoms with Gasteiger partial charge in [-0.1, -0.05) is 42.5 Å². The Labute approximate surface area is 122 Å². The van der Waals surface area contributed by atoms with Crippen molar-refractivity contribution in [3.05, 3.63) is 65.7 Å². The van der Waals surface area contributed by atoms with Gasteiger partial charge in [-0.25, -0.2) is 0 Å². The first-order valence-corrected chi connectivity index (χ1v) is 6.66. The molecule has 1 atom stereocenters. The number of amides is 1. The van der Waals surface area contributed by atoms with Crippen molar-refractivity contribution in [1.82, 2.24) is 0 Å². The van der Waals surface area contributed by atoms with Gasteiger partial charge in [0, 0.05) is 16.8 Å². The maximum atomic E-state index is 12.3. The third kappa shape index (κ3) is 3.45. The van der Waals surface area contributed by atoms with E-state index in [9.17, 15) is 9.59 Å². The normalized spacial score (nSPS) is 11.7. The van der Waals surface area contributed by atoms with Crippen molar-refractivity contribution in [3.8, 4) is 0 Å². The summed E-state index contributed by atoms with van der Waals surface area (Å²) in [6, 6.07) is 15.8. The lowest BCUT2D eigenvalue weighted by Crippen LogP contribution is -2.20. The highest BCUT2D eigenvalue weighted by Gasteiger charge is 2.12. The van der Waals surface area contributed by atoms with Crippen molar-refractivity contribution < 1.29 is 9.59 Å². The first-order valence-electron chi connectivity index (χ1n) is 6.22. The molecule has 3 nitrogen and oxygen atoms in total. The minimum Gasteiger partial charge on any atom is -0.325 e. The minimum absolute atomic E-state index is 0.0828. The number of rotatable bonds is 4. The van der Waals surface area contributed by atoms with Crippen LogP contribution in [0.15, 0.2) is 54.6 Å². The number of benzene rings is 2. The van der Waals surface area contributed by atoms with Crippen molar-refractivity contribution in [2.45, 2.75) is 12.3 Å².